The fourth-order valence-electron chi connectivity index (χ4n) is 4.04. The van der Waals surface area contributed by atoms with E-state index in [1.165, 1.54) is 0 Å². The predicted octanol–water partition coefficient (Wildman–Crippen LogP) is 4.69. The van der Waals surface area contributed by atoms with Gasteiger partial charge in [-0.1, -0.05) is 0 Å². The van der Waals surface area contributed by atoms with Crippen LogP contribution in [0.3, 0.4) is 0 Å². The van der Waals surface area contributed by atoms with Crippen molar-refractivity contribution < 1.29 is 0 Å². The molecule has 0 fully saturated rings. The van der Waals surface area contributed by atoms with Crippen LogP contribution < -0.4 is 4.90 Å². The minimum absolute atomic E-state index is 0.733. The van der Waals surface area contributed by atoms with E-state index in [4.69, 9.17) is 0 Å². The second kappa shape index (κ2) is 7.52. The lowest BCUT2D eigenvalue weighted by Gasteiger charge is -2.12. The molecule has 0 spiro atoms. The first-order chi connectivity index (χ1) is 16.2. The smallest absolute Gasteiger partial charge is 0.155 e. The summed E-state index contributed by atoms with van der Waals surface area (Å²) < 4.78 is 0. The first-order valence-corrected chi connectivity index (χ1v) is 10.5. The third-order valence-corrected chi connectivity index (χ3v) is 5.78. The lowest BCUT2D eigenvalue weighted by atomic mass is 10.0. The summed E-state index contributed by atoms with van der Waals surface area (Å²) in [5.41, 5.74) is 8.53. The summed E-state index contributed by atoms with van der Waals surface area (Å²) >= 11 is 0. The summed E-state index contributed by atoms with van der Waals surface area (Å²) in [4.78, 5) is 23.0. The van der Waals surface area contributed by atoms with Gasteiger partial charge in [0.25, 0.3) is 0 Å². The van der Waals surface area contributed by atoms with Gasteiger partial charge in [-0.05, 0) is 35.9 Å². The number of nitrogens with one attached hydrogen (secondary N) is 2. The Morgan fingerprint density at radius 2 is 1.58 bits per heavy atom. The van der Waals surface area contributed by atoms with Gasteiger partial charge < -0.3 is 9.88 Å². The largest absolute Gasteiger partial charge is 0.376 e. The van der Waals surface area contributed by atoms with E-state index in [1.54, 1.807) is 12.4 Å². The Hall–Kier alpha value is -4.59. The molecule has 0 aliphatic carbocycles. The number of anilines is 1. The molecule has 33 heavy (non-hydrogen) atoms. The van der Waals surface area contributed by atoms with Crippen LogP contribution in [-0.4, -0.2) is 49.2 Å². The first-order valence-electron chi connectivity index (χ1n) is 10.5. The van der Waals surface area contributed by atoms with Crippen molar-refractivity contribution in [3.05, 3.63) is 73.7 Å². The lowest BCUT2D eigenvalue weighted by Crippen LogP contribution is -2.08. The summed E-state index contributed by atoms with van der Waals surface area (Å²) in [6, 6.07) is 10.3. The van der Waals surface area contributed by atoms with E-state index in [0.717, 1.165) is 61.3 Å². The lowest BCUT2D eigenvalue weighted by molar-refractivity contribution is 1.10. The highest BCUT2D eigenvalue weighted by molar-refractivity contribution is 6.00. The van der Waals surface area contributed by atoms with Crippen LogP contribution in [-0.2, 0) is 0 Å². The van der Waals surface area contributed by atoms with Crippen LogP contribution in [0.2, 0.25) is 0 Å². The van der Waals surface area contributed by atoms with Crippen molar-refractivity contribution in [3.63, 3.8) is 0 Å². The van der Waals surface area contributed by atoms with E-state index >= 15 is 0 Å². The standard InChI is InChI=1S/C25H20N8/c1-33(2)18-7-16(10-27-12-18)17-8-20-24(31-32-25(20)29-11-17)22-9-19-21(13-28-14-23(19)30-22)15-3-5-26-6-4-15/h3-14,30H,1-2H3,(H,29,31,32). The SMILES string of the molecule is CN(C)c1cncc(-c2cnc3[nH]nc(-c4cc5c(-c6ccncc6)cncc5[nH]4)c3c2)c1. The van der Waals surface area contributed by atoms with Crippen molar-refractivity contribution in [2.45, 2.75) is 0 Å². The first kappa shape index (κ1) is 19.1. The number of hydrogen-bond donors (Lipinski definition) is 2. The van der Waals surface area contributed by atoms with Gasteiger partial charge in [0.05, 0.1) is 29.3 Å². The van der Waals surface area contributed by atoms with Gasteiger partial charge in [0.15, 0.2) is 5.65 Å². The van der Waals surface area contributed by atoms with E-state index < -0.39 is 0 Å². The van der Waals surface area contributed by atoms with Gasteiger partial charge in [-0.25, -0.2) is 4.98 Å². The molecule has 6 aromatic heterocycles. The molecular weight excluding hydrogens is 412 g/mol. The van der Waals surface area contributed by atoms with Crippen LogP contribution in [0, 0.1) is 0 Å². The summed E-state index contributed by atoms with van der Waals surface area (Å²) in [5.74, 6) is 0. The maximum atomic E-state index is 4.60. The highest BCUT2D eigenvalue weighted by atomic mass is 15.2. The topological polar surface area (TPSA) is 99.3 Å². The molecule has 0 bridgehead atoms. The summed E-state index contributed by atoms with van der Waals surface area (Å²) in [7, 11) is 4.00. The molecule has 0 saturated carbocycles. The van der Waals surface area contributed by atoms with Gasteiger partial charge in [-0.2, -0.15) is 5.10 Å². The van der Waals surface area contributed by atoms with Crippen molar-refractivity contribution in [2.75, 3.05) is 19.0 Å². The molecule has 0 radical (unpaired) electrons. The van der Waals surface area contributed by atoms with Crippen LogP contribution in [0.15, 0.2) is 73.7 Å². The third-order valence-electron chi connectivity index (χ3n) is 5.78. The molecule has 0 saturated heterocycles. The predicted molar refractivity (Wildman–Crippen MR) is 130 cm³/mol. The summed E-state index contributed by atoms with van der Waals surface area (Å²) in [6.07, 6.45) is 12.8. The number of fused-ring (bicyclic) bond motifs is 2. The minimum Gasteiger partial charge on any atom is -0.376 e. The molecule has 0 unspecified atom stereocenters. The Balaban J connectivity index is 1.48. The van der Waals surface area contributed by atoms with E-state index in [1.807, 2.05) is 62.1 Å². The van der Waals surface area contributed by atoms with Gasteiger partial charge >= 0.3 is 0 Å². The van der Waals surface area contributed by atoms with Crippen LogP contribution in [0.4, 0.5) is 5.69 Å². The number of aromatic nitrogens is 7. The zero-order valence-corrected chi connectivity index (χ0v) is 18.1. The Morgan fingerprint density at radius 3 is 2.42 bits per heavy atom. The fraction of sp³-hybridized carbons (Fsp3) is 0.0800. The van der Waals surface area contributed by atoms with Gasteiger partial charge in [0, 0.05) is 72.5 Å². The number of hydrogen-bond acceptors (Lipinski definition) is 6. The van der Waals surface area contributed by atoms with Gasteiger partial charge in [-0.15, -0.1) is 0 Å². The average Bonchev–Trinajstić information content (AvgIpc) is 3.48. The number of nitrogens with zero attached hydrogens (tertiary/aromatic N) is 6. The molecule has 0 aliphatic rings. The maximum Gasteiger partial charge on any atom is 0.155 e. The van der Waals surface area contributed by atoms with E-state index in [-0.39, 0.29) is 0 Å². The molecule has 0 amide bonds. The molecule has 6 heterocycles. The van der Waals surface area contributed by atoms with E-state index in [0.29, 0.717) is 0 Å². The van der Waals surface area contributed by atoms with Gasteiger partial charge in [0.2, 0.25) is 0 Å². The Kier molecular flexibility index (Phi) is 4.36. The van der Waals surface area contributed by atoms with Crippen LogP contribution in [0.5, 0.6) is 0 Å². The van der Waals surface area contributed by atoms with Crippen molar-refractivity contribution in [1.82, 2.24) is 35.1 Å². The molecule has 0 atom stereocenters. The number of pyridine rings is 4. The second-order valence-corrected chi connectivity index (χ2v) is 8.09. The van der Waals surface area contributed by atoms with Crippen molar-refractivity contribution >= 4 is 27.6 Å². The Morgan fingerprint density at radius 1 is 0.758 bits per heavy atom. The average molecular weight is 432 g/mol. The molecule has 0 aliphatic heterocycles. The molecule has 2 N–H and O–H groups in total. The normalized spacial score (nSPS) is 11.3. The molecule has 6 aromatic rings. The zero-order valence-electron chi connectivity index (χ0n) is 18.1. The number of aromatic amines is 2. The van der Waals surface area contributed by atoms with E-state index in [9.17, 15) is 0 Å². The zero-order chi connectivity index (χ0) is 22.4. The quantitative estimate of drug-likeness (QED) is 0.419. The van der Waals surface area contributed by atoms with Crippen molar-refractivity contribution in [2.24, 2.45) is 0 Å². The molecular formula is C25H20N8. The van der Waals surface area contributed by atoms with E-state index in [2.05, 4.69) is 53.3 Å². The Labute approximate surface area is 189 Å². The number of rotatable bonds is 4. The minimum atomic E-state index is 0.733. The van der Waals surface area contributed by atoms with Crippen molar-refractivity contribution in [1.29, 1.82) is 0 Å². The highest BCUT2D eigenvalue weighted by Gasteiger charge is 2.15. The molecule has 160 valence electrons. The van der Waals surface area contributed by atoms with Crippen LogP contribution in [0.25, 0.3) is 55.6 Å². The fourth-order valence-corrected chi connectivity index (χ4v) is 4.04. The van der Waals surface area contributed by atoms with Crippen LogP contribution in [0.1, 0.15) is 0 Å². The molecule has 8 heteroatoms. The number of H-pyrrole nitrogens is 2. The van der Waals surface area contributed by atoms with Crippen molar-refractivity contribution in [3.8, 4) is 33.6 Å². The molecule has 6 rings (SSSR count). The molecule has 0 aromatic carbocycles. The summed E-state index contributed by atoms with van der Waals surface area (Å²) in [6.45, 7) is 0. The monoisotopic (exact) mass is 432 g/mol. The maximum absolute atomic E-state index is 4.60. The van der Waals surface area contributed by atoms with Gasteiger partial charge in [0.1, 0.15) is 5.69 Å². The van der Waals surface area contributed by atoms with Gasteiger partial charge in [-0.3, -0.25) is 20.1 Å². The van der Waals surface area contributed by atoms with Crippen LogP contribution >= 0.6 is 0 Å². The summed E-state index contributed by atoms with van der Waals surface area (Å²) in [5, 5.41) is 9.64. The second-order valence-electron chi connectivity index (χ2n) is 8.09. The third kappa shape index (κ3) is 3.28. The highest BCUT2D eigenvalue weighted by Crippen LogP contribution is 2.34. The molecule has 8 nitrogen and oxygen atoms in total. The Bertz CT molecular complexity index is 1600.